The van der Waals surface area contributed by atoms with Crippen molar-refractivity contribution < 1.29 is 26.4 Å². The highest BCUT2D eigenvalue weighted by atomic mass is 32.2. The number of halogens is 3. The van der Waals surface area contributed by atoms with Gasteiger partial charge in [0.25, 0.3) is 0 Å². The Morgan fingerprint density at radius 1 is 1.00 bits per heavy atom. The van der Waals surface area contributed by atoms with Gasteiger partial charge in [0.1, 0.15) is 5.82 Å². The first-order valence-corrected chi connectivity index (χ1v) is 14.1. The first-order valence-electron chi connectivity index (χ1n) is 12.7. The lowest BCUT2D eigenvalue weighted by Gasteiger charge is -2.34. The molecular weight excluding hydrogens is 521 g/mol. The minimum absolute atomic E-state index is 0.0810. The van der Waals surface area contributed by atoms with E-state index in [1.165, 1.54) is 10.4 Å². The number of amides is 2. The quantitative estimate of drug-likeness (QED) is 0.458. The Kier molecular flexibility index (Phi) is 8.66. The number of piperidine rings is 2. The van der Waals surface area contributed by atoms with Crippen molar-refractivity contribution >= 4 is 27.6 Å². The standard InChI is InChI=1S/C25H33F3N6O3S/c26-25(27,28)19-1-6-23(31-17-19)32-20-10-15-34(16-11-20)38(36,37)22-4-2-21(3-5-22)33-13-8-18(9-14-33)7-12-30-24(29)35/h1-6,17-18,20H,7-16H2,(H,31,32)(H3,29,30,35). The van der Waals surface area contributed by atoms with E-state index < -0.39 is 27.8 Å². The topological polar surface area (TPSA) is 121 Å². The van der Waals surface area contributed by atoms with Crippen LogP contribution in [0.1, 0.15) is 37.7 Å². The normalized spacial score (nSPS) is 18.3. The van der Waals surface area contributed by atoms with Gasteiger partial charge in [-0.2, -0.15) is 17.5 Å². The SMILES string of the molecule is NC(=O)NCCC1CCN(c2ccc(S(=O)(=O)N3CCC(Nc4ccc(C(F)(F)F)cn4)CC3)cc2)CC1. The lowest BCUT2D eigenvalue weighted by atomic mass is 9.93. The third-order valence-electron chi connectivity index (χ3n) is 7.20. The van der Waals surface area contributed by atoms with E-state index in [0.717, 1.165) is 50.3 Å². The highest BCUT2D eigenvalue weighted by molar-refractivity contribution is 7.89. The molecular formula is C25H33F3N6O3S. The Morgan fingerprint density at radius 3 is 2.21 bits per heavy atom. The number of alkyl halides is 3. The van der Waals surface area contributed by atoms with E-state index >= 15 is 0 Å². The zero-order valence-electron chi connectivity index (χ0n) is 21.0. The minimum atomic E-state index is -4.44. The molecule has 2 amide bonds. The second-order valence-corrected chi connectivity index (χ2v) is 11.7. The summed E-state index contributed by atoms with van der Waals surface area (Å²) in [4.78, 5) is 17.1. The zero-order valence-corrected chi connectivity index (χ0v) is 21.8. The van der Waals surface area contributed by atoms with Crippen molar-refractivity contribution in [3.63, 3.8) is 0 Å². The summed E-state index contributed by atoms with van der Waals surface area (Å²) in [7, 11) is -3.65. The number of nitrogens with one attached hydrogen (secondary N) is 2. The second kappa shape index (κ2) is 11.8. The zero-order chi connectivity index (χ0) is 27.3. The van der Waals surface area contributed by atoms with Crippen molar-refractivity contribution in [2.75, 3.05) is 42.9 Å². The molecule has 0 spiro atoms. The van der Waals surface area contributed by atoms with Crippen molar-refractivity contribution in [2.45, 2.75) is 49.2 Å². The molecule has 0 aliphatic carbocycles. The highest BCUT2D eigenvalue weighted by Crippen LogP contribution is 2.30. The molecule has 208 valence electrons. The van der Waals surface area contributed by atoms with E-state index in [1.54, 1.807) is 12.1 Å². The number of sulfonamides is 1. The molecule has 1 aromatic carbocycles. The fraction of sp³-hybridized carbons (Fsp3) is 0.520. The van der Waals surface area contributed by atoms with Gasteiger partial charge in [-0.15, -0.1) is 0 Å². The third-order valence-corrected chi connectivity index (χ3v) is 9.12. The van der Waals surface area contributed by atoms with Gasteiger partial charge in [-0.05, 0) is 74.4 Å². The summed E-state index contributed by atoms with van der Waals surface area (Å²) in [5.41, 5.74) is 5.27. The minimum Gasteiger partial charge on any atom is -0.372 e. The molecule has 0 bridgehead atoms. The van der Waals surface area contributed by atoms with E-state index in [-0.39, 0.29) is 10.9 Å². The molecule has 0 atom stereocenters. The smallest absolute Gasteiger partial charge is 0.372 e. The van der Waals surface area contributed by atoms with E-state index in [1.807, 2.05) is 12.1 Å². The maximum atomic E-state index is 13.2. The number of pyridine rings is 1. The maximum absolute atomic E-state index is 13.2. The van der Waals surface area contributed by atoms with E-state index in [2.05, 4.69) is 20.5 Å². The number of aromatic nitrogens is 1. The van der Waals surface area contributed by atoms with Crippen molar-refractivity contribution in [1.29, 1.82) is 0 Å². The predicted molar refractivity (Wildman–Crippen MR) is 138 cm³/mol. The molecule has 0 saturated carbocycles. The Bertz CT molecular complexity index is 1180. The summed E-state index contributed by atoms with van der Waals surface area (Å²) in [5, 5.41) is 5.73. The molecule has 0 unspecified atom stereocenters. The fourth-order valence-corrected chi connectivity index (χ4v) is 6.42. The number of carbonyl (C=O) groups is 1. The number of hydrogen-bond donors (Lipinski definition) is 3. The van der Waals surface area contributed by atoms with Crippen molar-refractivity contribution in [3.8, 4) is 0 Å². The number of primary amides is 1. The Morgan fingerprint density at radius 2 is 1.66 bits per heavy atom. The van der Waals surface area contributed by atoms with Crippen LogP contribution in [0, 0.1) is 5.92 Å². The first-order chi connectivity index (χ1) is 18.0. The van der Waals surface area contributed by atoms with Crippen LogP contribution in [0.15, 0.2) is 47.5 Å². The van der Waals surface area contributed by atoms with Gasteiger partial charge in [0.2, 0.25) is 10.0 Å². The number of benzene rings is 1. The molecule has 2 aromatic rings. The van der Waals surface area contributed by atoms with E-state index in [0.29, 0.717) is 44.2 Å². The molecule has 2 aliphatic heterocycles. The lowest BCUT2D eigenvalue weighted by molar-refractivity contribution is -0.137. The lowest BCUT2D eigenvalue weighted by Crippen LogP contribution is -2.42. The molecule has 13 heteroatoms. The van der Waals surface area contributed by atoms with Gasteiger partial charge < -0.3 is 21.3 Å². The van der Waals surface area contributed by atoms with Crippen LogP contribution in [0.5, 0.6) is 0 Å². The van der Waals surface area contributed by atoms with Gasteiger partial charge in [0, 0.05) is 50.6 Å². The molecule has 9 nitrogen and oxygen atoms in total. The predicted octanol–water partition coefficient (Wildman–Crippen LogP) is 3.64. The summed E-state index contributed by atoms with van der Waals surface area (Å²) in [6, 6.07) is 8.64. The highest BCUT2D eigenvalue weighted by Gasteiger charge is 2.32. The Labute approximate surface area is 220 Å². The molecule has 3 heterocycles. The summed E-state index contributed by atoms with van der Waals surface area (Å²) in [6.45, 7) is 2.91. The molecule has 1 aromatic heterocycles. The van der Waals surface area contributed by atoms with Gasteiger partial charge in [-0.25, -0.2) is 18.2 Å². The molecule has 2 aliphatic rings. The number of carbonyl (C=O) groups excluding carboxylic acids is 1. The van der Waals surface area contributed by atoms with Crippen LogP contribution >= 0.6 is 0 Å². The Hall–Kier alpha value is -3.06. The monoisotopic (exact) mass is 554 g/mol. The number of urea groups is 1. The van der Waals surface area contributed by atoms with E-state index in [4.69, 9.17) is 5.73 Å². The number of anilines is 2. The number of rotatable bonds is 8. The van der Waals surface area contributed by atoms with Crippen molar-refractivity contribution in [1.82, 2.24) is 14.6 Å². The van der Waals surface area contributed by atoms with Crippen LogP contribution in [-0.2, 0) is 16.2 Å². The number of nitrogens with two attached hydrogens (primary N) is 1. The van der Waals surface area contributed by atoms with Crippen LogP contribution < -0.4 is 21.3 Å². The van der Waals surface area contributed by atoms with Crippen LogP contribution in [0.3, 0.4) is 0 Å². The van der Waals surface area contributed by atoms with E-state index in [9.17, 15) is 26.4 Å². The average molecular weight is 555 g/mol. The van der Waals surface area contributed by atoms with Gasteiger partial charge in [-0.3, -0.25) is 0 Å². The largest absolute Gasteiger partial charge is 0.417 e. The molecule has 2 saturated heterocycles. The summed E-state index contributed by atoms with van der Waals surface area (Å²) in [6.07, 6.45) is 0.260. The molecule has 4 rings (SSSR count). The summed E-state index contributed by atoms with van der Waals surface area (Å²) in [5.74, 6) is 0.853. The summed E-state index contributed by atoms with van der Waals surface area (Å²) >= 11 is 0. The van der Waals surface area contributed by atoms with Crippen LogP contribution in [0.4, 0.5) is 29.5 Å². The Balaban J connectivity index is 1.26. The van der Waals surface area contributed by atoms with Crippen molar-refractivity contribution in [2.24, 2.45) is 11.7 Å². The first kappa shape index (κ1) is 28.0. The third kappa shape index (κ3) is 7.07. The molecule has 0 radical (unpaired) electrons. The van der Waals surface area contributed by atoms with Gasteiger partial charge in [0.05, 0.1) is 10.5 Å². The van der Waals surface area contributed by atoms with Crippen LogP contribution in [-0.4, -0.2) is 62.5 Å². The van der Waals surface area contributed by atoms with Crippen molar-refractivity contribution in [3.05, 3.63) is 48.2 Å². The number of nitrogens with zero attached hydrogens (tertiary/aromatic N) is 3. The molecule has 38 heavy (non-hydrogen) atoms. The molecule has 2 fully saturated rings. The number of hydrogen-bond acceptors (Lipinski definition) is 6. The molecule has 4 N–H and O–H groups in total. The van der Waals surface area contributed by atoms with Crippen LogP contribution in [0.25, 0.3) is 0 Å². The van der Waals surface area contributed by atoms with Crippen LogP contribution in [0.2, 0.25) is 0 Å². The second-order valence-electron chi connectivity index (χ2n) is 9.76. The average Bonchev–Trinajstić information content (AvgIpc) is 2.89. The maximum Gasteiger partial charge on any atom is 0.417 e. The van der Waals surface area contributed by atoms with Gasteiger partial charge >= 0.3 is 12.2 Å². The van der Waals surface area contributed by atoms with Gasteiger partial charge in [-0.1, -0.05) is 0 Å². The van der Waals surface area contributed by atoms with Gasteiger partial charge in [0.15, 0.2) is 0 Å². The fourth-order valence-electron chi connectivity index (χ4n) is 4.95. The summed E-state index contributed by atoms with van der Waals surface area (Å²) < 4.78 is 66.0.